The van der Waals surface area contributed by atoms with E-state index >= 15 is 0 Å². The van der Waals surface area contributed by atoms with Gasteiger partial charge in [-0.1, -0.05) is 6.08 Å². The summed E-state index contributed by atoms with van der Waals surface area (Å²) in [6.45, 7) is 0. The van der Waals surface area contributed by atoms with E-state index in [1.807, 2.05) is 23.8 Å². The third-order valence-corrected chi connectivity index (χ3v) is 1.06. The lowest BCUT2D eigenvalue weighted by Gasteiger charge is -1.93. The van der Waals surface area contributed by atoms with Gasteiger partial charge in [-0.05, 0) is 23.4 Å². The Labute approximate surface area is 47.4 Å². The van der Waals surface area contributed by atoms with Crippen molar-refractivity contribution < 1.29 is 0 Å². The SMILES string of the molecule is C1=CNSC=C1.N. The summed E-state index contributed by atoms with van der Waals surface area (Å²) in [7, 11) is 0. The molecule has 0 aliphatic carbocycles. The van der Waals surface area contributed by atoms with Crippen molar-refractivity contribution in [2.75, 3.05) is 0 Å². The van der Waals surface area contributed by atoms with Crippen molar-refractivity contribution in [3.8, 4) is 0 Å². The molecule has 0 bridgehead atoms. The van der Waals surface area contributed by atoms with Gasteiger partial charge in [0, 0.05) is 6.20 Å². The van der Waals surface area contributed by atoms with Gasteiger partial charge in [0.2, 0.25) is 0 Å². The smallest absolute Gasteiger partial charge is 0.00756 e. The van der Waals surface area contributed by atoms with E-state index in [0.29, 0.717) is 0 Å². The van der Waals surface area contributed by atoms with Gasteiger partial charge in [0.1, 0.15) is 0 Å². The normalized spacial score (nSPS) is 14.9. The number of nitrogens with one attached hydrogen (secondary N) is 1. The van der Waals surface area contributed by atoms with Gasteiger partial charge in [-0.25, -0.2) is 0 Å². The quantitative estimate of drug-likeness (QED) is 0.470. The predicted molar refractivity (Wildman–Crippen MR) is 34.0 cm³/mol. The molecule has 1 heterocycles. The predicted octanol–water partition coefficient (Wildman–Crippen LogP) is 1.43. The van der Waals surface area contributed by atoms with Crippen LogP contribution in [0.3, 0.4) is 0 Å². The summed E-state index contributed by atoms with van der Waals surface area (Å²) in [5, 5.41) is 1.99. The molecule has 0 saturated carbocycles. The second-order valence-electron chi connectivity index (χ2n) is 0.923. The fourth-order valence-electron chi connectivity index (χ4n) is 0.258. The van der Waals surface area contributed by atoms with E-state index in [0.717, 1.165) is 0 Å². The zero-order chi connectivity index (χ0) is 4.24. The molecule has 0 aromatic heterocycles. The van der Waals surface area contributed by atoms with Crippen LogP contribution in [0, 0.1) is 0 Å². The van der Waals surface area contributed by atoms with Crippen molar-refractivity contribution in [2.24, 2.45) is 0 Å². The Balaban J connectivity index is 0.000000360. The third kappa shape index (κ3) is 2.31. The molecular weight excluding hydrogens is 108 g/mol. The van der Waals surface area contributed by atoms with Crippen molar-refractivity contribution in [1.29, 1.82) is 0 Å². The number of allylic oxidation sites excluding steroid dienone is 2. The van der Waals surface area contributed by atoms with Gasteiger partial charge >= 0.3 is 0 Å². The first-order valence-electron chi connectivity index (χ1n) is 1.73. The average Bonchev–Trinajstić information content (AvgIpc) is 1.72. The molecule has 0 radical (unpaired) electrons. The summed E-state index contributed by atoms with van der Waals surface area (Å²) in [6, 6.07) is 0. The van der Waals surface area contributed by atoms with Crippen molar-refractivity contribution in [3.05, 3.63) is 23.8 Å². The van der Waals surface area contributed by atoms with Crippen LogP contribution in [-0.4, -0.2) is 0 Å². The van der Waals surface area contributed by atoms with Crippen LogP contribution in [0.2, 0.25) is 0 Å². The Morgan fingerprint density at radius 3 is 2.29 bits per heavy atom. The van der Waals surface area contributed by atoms with E-state index in [2.05, 4.69) is 4.72 Å². The van der Waals surface area contributed by atoms with Crippen molar-refractivity contribution in [2.45, 2.75) is 0 Å². The zero-order valence-corrected chi connectivity index (χ0v) is 4.74. The molecule has 4 N–H and O–H groups in total. The topological polar surface area (TPSA) is 47.0 Å². The minimum Gasteiger partial charge on any atom is -0.344 e. The van der Waals surface area contributed by atoms with Gasteiger partial charge in [0.25, 0.3) is 0 Å². The summed E-state index contributed by atoms with van der Waals surface area (Å²) in [5.41, 5.74) is 0. The number of hydrogen-bond donors (Lipinski definition) is 2. The van der Waals surface area contributed by atoms with Gasteiger partial charge in [0.15, 0.2) is 0 Å². The van der Waals surface area contributed by atoms with E-state index in [1.54, 1.807) is 11.9 Å². The highest BCUT2D eigenvalue weighted by Crippen LogP contribution is 1.98. The summed E-state index contributed by atoms with van der Waals surface area (Å²) < 4.78 is 2.93. The summed E-state index contributed by atoms with van der Waals surface area (Å²) >= 11 is 1.58. The van der Waals surface area contributed by atoms with Gasteiger partial charge in [0.05, 0.1) is 0 Å². The third-order valence-electron chi connectivity index (χ3n) is 0.490. The molecule has 0 fully saturated rings. The van der Waals surface area contributed by atoms with Crippen LogP contribution >= 0.6 is 11.9 Å². The fourth-order valence-corrected chi connectivity index (χ4v) is 0.663. The lowest BCUT2D eigenvalue weighted by molar-refractivity contribution is 1.42. The molecule has 0 spiro atoms. The van der Waals surface area contributed by atoms with E-state index in [-0.39, 0.29) is 6.15 Å². The lowest BCUT2D eigenvalue weighted by Crippen LogP contribution is -1.88. The molecule has 1 aliphatic rings. The molecule has 1 rings (SSSR count). The monoisotopic (exact) mass is 116 g/mol. The van der Waals surface area contributed by atoms with Crippen LogP contribution in [0.15, 0.2) is 23.8 Å². The van der Waals surface area contributed by atoms with Gasteiger partial charge in [-0.15, -0.1) is 0 Å². The Hall–Kier alpha value is -0.410. The Morgan fingerprint density at radius 1 is 1.29 bits per heavy atom. The van der Waals surface area contributed by atoms with Crippen LogP contribution < -0.4 is 10.9 Å². The standard InChI is InChI=1S/C4H5NS.H3N/c1-2-4-6-5-3-1;/h1-5H;1H3. The van der Waals surface area contributed by atoms with Crippen molar-refractivity contribution >= 4 is 11.9 Å². The van der Waals surface area contributed by atoms with Crippen LogP contribution in [0.1, 0.15) is 0 Å². The van der Waals surface area contributed by atoms with E-state index in [1.165, 1.54) is 0 Å². The molecule has 3 heteroatoms. The molecule has 0 amide bonds. The van der Waals surface area contributed by atoms with Crippen molar-refractivity contribution in [1.82, 2.24) is 10.9 Å². The Morgan fingerprint density at radius 2 is 2.14 bits per heavy atom. The average molecular weight is 116 g/mol. The van der Waals surface area contributed by atoms with E-state index < -0.39 is 0 Å². The fraction of sp³-hybridized carbons (Fsp3) is 0. The molecule has 7 heavy (non-hydrogen) atoms. The summed E-state index contributed by atoms with van der Waals surface area (Å²) in [4.78, 5) is 0. The molecule has 2 nitrogen and oxygen atoms in total. The molecule has 0 atom stereocenters. The first kappa shape index (κ1) is 6.59. The minimum atomic E-state index is 0. The van der Waals surface area contributed by atoms with E-state index in [4.69, 9.17) is 0 Å². The maximum atomic E-state index is 2.93. The first-order valence-corrected chi connectivity index (χ1v) is 2.61. The molecule has 0 aromatic rings. The highest BCUT2D eigenvalue weighted by Gasteiger charge is 1.74. The molecule has 0 aromatic carbocycles. The molecule has 0 saturated heterocycles. The van der Waals surface area contributed by atoms with E-state index in [9.17, 15) is 0 Å². The Kier molecular flexibility index (Phi) is 3.55. The maximum absolute atomic E-state index is 2.93. The highest BCUT2D eigenvalue weighted by atomic mass is 32.2. The molecule has 40 valence electrons. The molecular formula is C4H8N2S. The largest absolute Gasteiger partial charge is 0.344 e. The lowest BCUT2D eigenvalue weighted by atomic mass is 10.6. The molecule has 0 unspecified atom stereocenters. The second kappa shape index (κ2) is 3.77. The number of rotatable bonds is 0. The highest BCUT2D eigenvalue weighted by molar-refractivity contribution is 8.00. The summed E-state index contributed by atoms with van der Waals surface area (Å²) in [6.07, 6.45) is 5.84. The summed E-state index contributed by atoms with van der Waals surface area (Å²) in [5.74, 6) is 0. The first-order chi connectivity index (χ1) is 3.00. The number of hydrogen-bond acceptors (Lipinski definition) is 3. The second-order valence-corrected chi connectivity index (χ2v) is 1.67. The van der Waals surface area contributed by atoms with Gasteiger partial charge in [-0.3, -0.25) is 0 Å². The minimum absolute atomic E-state index is 0. The maximum Gasteiger partial charge on any atom is 0.00756 e. The van der Waals surface area contributed by atoms with Crippen LogP contribution in [0.4, 0.5) is 0 Å². The van der Waals surface area contributed by atoms with Crippen LogP contribution in [0.5, 0.6) is 0 Å². The zero-order valence-electron chi connectivity index (χ0n) is 3.92. The Bertz CT molecular complexity index is 75.7. The van der Waals surface area contributed by atoms with Crippen LogP contribution in [0.25, 0.3) is 0 Å². The van der Waals surface area contributed by atoms with Crippen LogP contribution in [-0.2, 0) is 0 Å². The van der Waals surface area contributed by atoms with Gasteiger partial charge < -0.3 is 10.9 Å². The van der Waals surface area contributed by atoms with Crippen molar-refractivity contribution in [3.63, 3.8) is 0 Å². The molecule has 1 aliphatic heterocycles. The van der Waals surface area contributed by atoms with Gasteiger partial charge in [-0.2, -0.15) is 0 Å².